The van der Waals surface area contributed by atoms with E-state index in [0.717, 1.165) is 23.7 Å². The number of aromatic nitrogens is 2. The highest BCUT2D eigenvalue weighted by Gasteiger charge is 2.45. The van der Waals surface area contributed by atoms with Gasteiger partial charge in [-0.15, -0.1) is 0 Å². The fourth-order valence-corrected chi connectivity index (χ4v) is 4.96. The number of hydrogen-bond donors (Lipinski definition) is 0. The zero-order valence-corrected chi connectivity index (χ0v) is 18.7. The van der Waals surface area contributed by atoms with Crippen molar-refractivity contribution < 1.29 is 0 Å². The smallest absolute Gasteiger partial charge is 0.178 e. The van der Waals surface area contributed by atoms with Crippen molar-refractivity contribution in [3.63, 3.8) is 0 Å². The zero-order valence-electron chi connectivity index (χ0n) is 18.7. The third kappa shape index (κ3) is 2.83. The van der Waals surface area contributed by atoms with E-state index in [1.165, 1.54) is 27.9 Å². The Bertz CT molecular complexity index is 1310. The molecule has 0 radical (unpaired) electrons. The summed E-state index contributed by atoms with van der Waals surface area (Å²) in [4.78, 5) is 14.4. The molecular weight excluding hydrogens is 392 g/mol. The van der Waals surface area contributed by atoms with Crippen molar-refractivity contribution in [3.05, 3.63) is 96.3 Å². The van der Waals surface area contributed by atoms with Crippen molar-refractivity contribution >= 4 is 23.0 Å². The van der Waals surface area contributed by atoms with Gasteiger partial charge in [0.1, 0.15) is 6.17 Å². The number of nitrogens with zero attached hydrogens (tertiary/aromatic N) is 4. The Kier molecular flexibility index (Phi) is 4.12. The quantitative estimate of drug-likeness (QED) is 0.366. The van der Waals surface area contributed by atoms with Gasteiger partial charge in [-0.05, 0) is 34.2 Å². The molecule has 4 nitrogen and oxygen atoms in total. The Balaban J connectivity index is 1.53. The summed E-state index contributed by atoms with van der Waals surface area (Å²) in [5.41, 5.74) is 7.63. The largest absolute Gasteiger partial charge is 0.301 e. The molecule has 2 aliphatic rings. The lowest BCUT2D eigenvalue weighted by atomic mass is 9.86. The van der Waals surface area contributed by atoms with Gasteiger partial charge in [-0.2, -0.15) is 0 Å². The molecule has 0 fully saturated rings. The number of benzene rings is 3. The summed E-state index contributed by atoms with van der Waals surface area (Å²) >= 11 is 0. The van der Waals surface area contributed by atoms with Crippen LogP contribution in [0.5, 0.6) is 0 Å². The highest BCUT2D eigenvalue weighted by molar-refractivity contribution is 5.91. The first kappa shape index (κ1) is 19.1. The average molecular weight is 419 g/mol. The molecule has 0 amide bonds. The predicted molar refractivity (Wildman–Crippen MR) is 131 cm³/mol. The Morgan fingerprint density at radius 2 is 1.41 bits per heavy atom. The highest BCUT2D eigenvalue weighted by Crippen LogP contribution is 2.52. The Morgan fingerprint density at radius 1 is 0.750 bits per heavy atom. The third-order valence-corrected chi connectivity index (χ3v) is 6.57. The van der Waals surface area contributed by atoms with Crippen LogP contribution in [0, 0.1) is 0 Å². The van der Waals surface area contributed by atoms with Gasteiger partial charge in [-0.1, -0.05) is 81.4 Å². The van der Waals surface area contributed by atoms with E-state index in [1.54, 1.807) is 12.4 Å². The van der Waals surface area contributed by atoms with Gasteiger partial charge in [0.25, 0.3) is 0 Å². The maximum absolute atomic E-state index is 4.80. The zero-order chi connectivity index (χ0) is 21.9. The maximum Gasteiger partial charge on any atom is 0.178 e. The molecule has 3 heterocycles. The molecule has 0 saturated heterocycles. The van der Waals surface area contributed by atoms with Crippen LogP contribution in [0.2, 0.25) is 0 Å². The first-order valence-electron chi connectivity index (χ1n) is 11.2. The number of para-hydroxylation sites is 1. The molecule has 0 saturated carbocycles. The van der Waals surface area contributed by atoms with Crippen molar-refractivity contribution in [1.29, 1.82) is 0 Å². The Labute approximate surface area is 189 Å². The van der Waals surface area contributed by atoms with Crippen LogP contribution >= 0.6 is 0 Å². The van der Waals surface area contributed by atoms with Gasteiger partial charge in [0.05, 0.1) is 5.69 Å². The minimum atomic E-state index is 0.0949. The van der Waals surface area contributed by atoms with Gasteiger partial charge < -0.3 is 9.80 Å². The van der Waals surface area contributed by atoms with Crippen molar-refractivity contribution in [2.45, 2.75) is 38.8 Å². The lowest BCUT2D eigenvalue weighted by Gasteiger charge is -2.28. The van der Waals surface area contributed by atoms with Crippen molar-refractivity contribution in [3.8, 4) is 11.1 Å². The first-order valence-corrected chi connectivity index (χ1v) is 11.2. The molecule has 158 valence electrons. The standard InChI is InChI=1S/C28H26N4/c1-28(2,3)21-14-13-20-17-25-31(26-27(30-16-15-29-26)32(25)24(20)18-21)23-12-8-7-11-22(23)19-9-5-4-6-10-19/h4-16,18,25H,17H2,1-3H3. The van der Waals surface area contributed by atoms with Gasteiger partial charge in [0, 0.05) is 30.1 Å². The summed E-state index contributed by atoms with van der Waals surface area (Å²) < 4.78 is 0. The summed E-state index contributed by atoms with van der Waals surface area (Å²) in [6.07, 6.45) is 4.66. The van der Waals surface area contributed by atoms with Crippen LogP contribution in [-0.4, -0.2) is 16.1 Å². The van der Waals surface area contributed by atoms with Crippen LogP contribution in [0.25, 0.3) is 11.1 Å². The fourth-order valence-electron chi connectivity index (χ4n) is 4.96. The topological polar surface area (TPSA) is 32.3 Å². The monoisotopic (exact) mass is 418 g/mol. The van der Waals surface area contributed by atoms with Crippen molar-refractivity contribution in [2.24, 2.45) is 0 Å². The molecule has 0 bridgehead atoms. The summed E-state index contributed by atoms with van der Waals surface area (Å²) in [5.74, 6) is 1.86. The number of fused-ring (bicyclic) bond motifs is 5. The lowest BCUT2D eigenvalue weighted by Crippen LogP contribution is -2.36. The summed E-state index contributed by atoms with van der Waals surface area (Å²) in [6.45, 7) is 6.80. The van der Waals surface area contributed by atoms with Crippen LogP contribution in [0.1, 0.15) is 31.9 Å². The summed E-state index contributed by atoms with van der Waals surface area (Å²) in [6, 6.07) is 26.1. The van der Waals surface area contributed by atoms with Gasteiger partial charge in [-0.3, -0.25) is 0 Å². The van der Waals surface area contributed by atoms with E-state index in [-0.39, 0.29) is 11.6 Å². The van der Waals surface area contributed by atoms with E-state index in [1.807, 2.05) is 0 Å². The molecule has 0 aliphatic carbocycles. The van der Waals surface area contributed by atoms with Crippen molar-refractivity contribution in [1.82, 2.24) is 9.97 Å². The van der Waals surface area contributed by atoms with Gasteiger partial charge in [0.2, 0.25) is 0 Å². The van der Waals surface area contributed by atoms with Crippen LogP contribution < -0.4 is 9.80 Å². The minimum absolute atomic E-state index is 0.0949. The SMILES string of the molecule is CC(C)(C)c1ccc2c(c1)N1c3nccnc3N(c3ccccc3-c3ccccc3)C1C2. The molecule has 3 aromatic carbocycles. The molecule has 2 aliphatic heterocycles. The van der Waals surface area contributed by atoms with E-state index in [2.05, 4.69) is 103 Å². The molecular formula is C28H26N4. The molecule has 1 aromatic heterocycles. The maximum atomic E-state index is 4.80. The van der Waals surface area contributed by atoms with E-state index < -0.39 is 0 Å². The van der Waals surface area contributed by atoms with Crippen LogP contribution in [0.3, 0.4) is 0 Å². The third-order valence-electron chi connectivity index (χ3n) is 6.57. The first-order chi connectivity index (χ1) is 15.5. The van der Waals surface area contributed by atoms with E-state index in [9.17, 15) is 0 Å². The van der Waals surface area contributed by atoms with E-state index in [4.69, 9.17) is 9.97 Å². The van der Waals surface area contributed by atoms with E-state index in [0.29, 0.717) is 0 Å². The van der Waals surface area contributed by atoms with E-state index >= 15 is 0 Å². The summed E-state index contributed by atoms with van der Waals surface area (Å²) in [5, 5.41) is 0. The van der Waals surface area contributed by atoms with Gasteiger partial charge >= 0.3 is 0 Å². The van der Waals surface area contributed by atoms with Crippen molar-refractivity contribution in [2.75, 3.05) is 9.80 Å². The molecule has 1 unspecified atom stereocenters. The highest BCUT2D eigenvalue weighted by atomic mass is 15.5. The molecule has 0 spiro atoms. The number of anilines is 4. The second-order valence-electron chi connectivity index (χ2n) is 9.60. The number of rotatable bonds is 2. The molecule has 1 atom stereocenters. The predicted octanol–water partition coefficient (Wildman–Crippen LogP) is 6.61. The average Bonchev–Trinajstić information content (AvgIpc) is 3.33. The fraction of sp³-hybridized carbons (Fsp3) is 0.214. The molecule has 6 rings (SSSR count). The van der Waals surface area contributed by atoms with Crippen LogP contribution in [0.4, 0.5) is 23.0 Å². The molecule has 4 aromatic rings. The van der Waals surface area contributed by atoms with Gasteiger partial charge in [-0.25, -0.2) is 9.97 Å². The minimum Gasteiger partial charge on any atom is -0.301 e. The normalized spacial score (nSPS) is 16.7. The van der Waals surface area contributed by atoms with Gasteiger partial charge in [0.15, 0.2) is 11.6 Å². The molecule has 0 N–H and O–H groups in total. The second-order valence-corrected chi connectivity index (χ2v) is 9.60. The lowest BCUT2D eigenvalue weighted by molar-refractivity contribution is 0.590. The molecule has 4 heteroatoms. The molecule has 32 heavy (non-hydrogen) atoms. The summed E-state index contributed by atoms with van der Waals surface area (Å²) in [7, 11) is 0. The van der Waals surface area contributed by atoms with Crippen LogP contribution in [-0.2, 0) is 11.8 Å². The second kappa shape index (κ2) is 6.92. The number of hydrogen-bond acceptors (Lipinski definition) is 4. The van der Waals surface area contributed by atoms with Crippen LogP contribution in [0.15, 0.2) is 85.2 Å². The Morgan fingerprint density at radius 3 is 2.12 bits per heavy atom. The Hall–Kier alpha value is -3.66.